The summed E-state index contributed by atoms with van der Waals surface area (Å²) in [5.74, 6) is -0.0183. The van der Waals surface area contributed by atoms with E-state index >= 15 is 0 Å². The molecular weight excluding hydrogens is 234 g/mol. The molecule has 18 heavy (non-hydrogen) atoms. The number of ether oxygens (including phenoxy) is 1. The Bertz CT molecular complexity index is 531. The van der Waals surface area contributed by atoms with Gasteiger partial charge in [0.15, 0.2) is 0 Å². The third-order valence-corrected chi connectivity index (χ3v) is 2.54. The van der Waals surface area contributed by atoms with Crippen molar-refractivity contribution < 1.29 is 19.2 Å². The van der Waals surface area contributed by atoms with Crippen LogP contribution in [0.2, 0.25) is 0 Å². The van der Waals surface area contributed by atoms with E-state index in [-0.39, 0.29) is 17.9 Å². The van der Waals surface area contributed by atoms with Crippen molar-refractivity contribution in [3.8, 4) is 5.75 Å². The van der Waals surface area contributed by atoms with Gasteiger partial charge in [-0.2, -0.15) is 0 Å². The van der Waals surface area contributed by atoms with Crippen molar-refractivity contribution in [2.75, 3.05) is 0 Å². The van der Waals surface area contributed by atoms with Gasteiger partial charge in [-0.3, -0.25) is 0 Å². The van der Waals surface area contributed by atoms with Gasteiger partial charge >= 0.3 is 7.12 Å². The minimum atomic E-state index is -1.61. The van der Waals surface area contributed by atoms with E-state index in [1.54, 1.807) is 42.5 Å². The highest BCUT2D eigenvalue weighted by atomic mass is 19.1. The first-order chi connectivity index (χ1) is 8.68. The smallest absolute Gasteiger partial charge is 0.489 e. The lowest BCUT2D eigenvalue weighted by Gasteiger charge is -2.11. The molecule has 0 atom stereocenters. The summed E-state index contributed by atoms with van der Waals surface area (Å²) < 4.78 is 18.8. The van der Waals surface area contributed by atoms with Gasteiger partial charge < -0.3 is 14.8 Å². The van der Waals surface area contributed by atoms with E-state index in [1.165, 1.54) is 6.07 Å². The molecule has 2 N–H and O–H groups in total. The summed E-state index contributed by atoms with van der Waals surface area (Å²) in [5.41, 5.74) is 0.675. The molecular formula is C13H12BFO3. The molecule has 0 aliphatic carbocycles. The number of hydrogen-bond donors (Lipinski definition) is 2. The summed E-state index contributed by atoms with van der Waals surface area (Å²) in [4.78, 5) is 0. The molecule has 5 heteroatoms. The Morgan fingerprint density at radius 3 is 2.39 bits per heavy atom. The molecule has 0 aliphatic rings. The van der Waals surface area contributed by atoms with Crippen molar-refractivity contribution in [1.82, 2.24) is 0 Å². The van der Waals surface area contributed by atoms with E-state index in [0.29, 0.717) is 11.3 Å². The average Bonchev–Trinajstić information content (AvgIpc) is 2.38. The van der Waals surface area contributed by atoms with Gasteiger partial charge in [-0.05, 0) is 12.1 Å². The third-order valence-electron chi connectivity index (χ3n) is 2.54. The van der Waals surface area contributed by atoms with Crippen molar-refractivity contribution in [2.24, 2.45) is 0 Å². The minimum absolute atomic E-state index is 0.0381. The molecule has 2 aromatic rings. The maximum atomic E-state index is 13.4. The topological polar surface area (TPSA) is 49.7 Å². The molecule has 2 aromatic carbocycles. The van der Waals surface area contributed by atoms with E-state index in [0.717, 1.165) is 0 Å². The quantitative estimate of drug-likeness (QED) is 0.794. The zero-order chi connectivity index (χ0) is 13.0. The van der Waals surface area contributed by atoms with E-state index in [1.807, 2.05) is 0 Å². The molecule has 0 aromatic heterocycles. The fourth-order valence-corrected chi connectivity index (χ4v) is 1.60. The largest absolute Gasteiger partial charge is 0.492 e. The van der Waals surface area contributed by atoms with Crippen LogP contribution >= 0.6 is 0 Å². The van der Waals surface area contributed by atoms with Crippen LogP contribution in [0.3, 0.4) is 0 Å². The Morgan fingerprint density at radius 2 is 1.67 bits per heavy atom. The predicted molar refractivity (Wildman–Crippen MR) is 67.0 cm³/mol. The van der Waals surface area contributed by atoms with Gasteiger partial charge in [-0.15, -0.1) is 0 Å². The lowest BCUT2D eigenvalue weighted by molar-refractivity contribution is 0.300. The normalized spacial score (nSPS) is 10.2. The van der Waals surface area contributed by atoms with Crippen LogP contribution in [-0.2, 0) is 6.61 Å². The van der Waals surface area contributed by atoms with Crippen LogP contribution in [0, 0.1) is 5.82 Å². The van der Waals surface area contributed by atoms with Gasteiger partial charge in [0.1, 0.15) is 18.2 Å². The molecule has 0 unspecified atom stereocenters. The number of halogens is 1. The molecule has 0 saturated heterocycles. The van der Waals surface area contributed by atoms with Crippen LogP contribution in [-0.4, -0.2) is 17.2 Å². The van der Waals surface area contributed by atoms with Crippen molar-refractivity contribution >= 4 is 12.6 Å². The Hall–Kier alpha value is -1.85. The number of hydrogen-bond acceptors (Lipinski definition) is 3. The third kappa shape index (κ3) is 2.88. The average molecular weight is 246 g/mol. The molecule has 0 heterocycles. The van der Waals surface area contributed by atoms with Gasteiger partial charge in [-0.25, -0.2) is 4.39 Å². The number of benzene rings is 2. The second kappa shape index (κ2) is 5.66. The van der Waals surface area contributed by atoms with Crippen LogP contribution in [0.5, 0.6) is 5.75 Å². The SMILES string of the molecule is OB(O)c1ccccc1OCc1ccccc1F. The highest BCUT2D eigenvalue weighted by Gasteiger charge is 2.16. The fourth-order valence-electron chi connectivity index (χ4n) is 1.60. The Kier molecular flexibility index (Phi) is 3.97. The summed E-state index contributed by atoms with van der Waals surface area (Å²) in [6.07, 6.45) is 0. The highest BCUT2D eigenvalue weighted by molar-refractivity contribution is 6.59. The van der Waals surface area contributed by atoms with Crippen LogP contribution in [0.25, 0.3) is 0 Å². The molecule has 2 rings (SSSR count). The molecule has 0 spiro atoms. The fraction of sp³-hybridized carbons (Fsp3) is 0.0769. The van der Waals surface area contributed by atoms with Crippen molar-refractivity contribution in [3.05, 3.63) is 59.9 Å². The first-order valence-electron chi connectivity index (χ1n) is 5.50. The maximum Gasteiger partial charge on any atom is 0.492 e. The van der Waals surface area contributed by atoms with Crippen molar-refractivity contribution in [3.63, 3.8) is 0 Å². The number of para-hydroxylation sites is 1. The Morgan fingerprint density at radius 1 is 1.00 bits per heavy atom. The van der Waals surface area contributed by atoms with E-state index in [4.69, 9.17) is 14.8 Å². The molecule has 0 amide bonds. The standard InChI is InChI=1S/C13H12BFO3/c15-12-7-3-1-5-10(12)9-18-13-8-4-2-6-11(13)14(16)17/h1-8,16-17H,9H2. The first kappa shape index (κ1) is 12.6. The van der Waals surface area contributed by atoms with Gasteiger partial charge in [-0.1, -0.05) is 36.4 Å². The Balaban J connectivity index is 2.14. The minimum Gasteiger partial charge on any atom is -0.489 e. The molecule has 0 saturated carbocycles. The van der Waals surface area contributed by atoms with Gasteiger partial charge in [0.05, 0.1) is 0 Å². The lowest BCUT2D eigenvalue weighted by Crippen LogP contribution is -2.31. The molecule has 0 fully saturated rings. The molecule has 0 bridgehead atoms. The predicted octanol–water partition coefficient (Wildman–Crippen LogP) is 1.08. The monoisotopic (exact) mass is 246 g/mol. The first-order valence-corrected chi connectivity index (χ1v) is 5.50. The van der Waals surface area contributed by atoms with Gasteiger partial charge in [0.2, 0.25) is 0 Å². The van der Waals surface area contributed by atoms with Crippen molar-refractivity contribution in [2.45, 2.75) is 6.61 Å². The van der Waals surface area contributed by atoms with Crippen LogP contribution < -0.4 is 10.2 Å². The van der Waals surface area contributed by atoms with Crippen LogP contribution in [0.1, 0.15) is 5.56 Å². The summed E-state index contributed by atoms with van der Waals surface area (Å²) in [6, 6.07) is 12.8. The summed E-state index contributed by atoms with van der Waals surface area (Å²) in [7, 11) is -1.61. The zero-order valence-corrected chi connectivity index (χ0v) is 9.58. The number of rotatable bonds is 4. The summed E-state index contributed by atoms with van der Waals surface area (Å²) in [6.45, 7) is 0.0381. The Labute approximate surface area is 105 Å². The van der Waals surface area contributed by atoms with Gasteiger partial charge in [0.25, 0.3) is 0 Å². The van der Waals surface area contributed by atoms with Crippen LogP contribution in [0.4, 0.5) is 4.39 Å². The summed E-state index contributed by atoms with van der Waals surface area (Å²) in [5, 5.41) is 18.3. The van der Waals surface area contributed by atoms with Gasteiger partial charge in [0, 0.05) is 11.0 Å². The highest BCUT2D eigenvalue weighted by Crippen LogP contribution is 2.12. The van der Waals surface area contributed by atoms with E-state index in [2.05, 4.69) is 0 Å². The summed E-state index contributed by atoms with van der Waals surface area (Å²) >= 11 is 0. The molecule has 92 valence electrons. The molecule has 3 nitrogen and oxygen atoms in total. The van der Waals surface area contributed by atoms with E-state index < -0.39 is 7.12 Å². The second-order valence-corrected chi connectivity index (χ2v) is 3.79. The molecule has 0 radical (unpaired) electrons. The van der Waals surface area contributed by atoms with Crippen molar-refractivity contribution in [1.29, 1.82) is 0 Å². The second-order valence-electron chi connectivity index (χ2n) is 3.79. The zero-order valence-electron chi connectivity index (χ0n) is 9.58. The lowest BCUT2D eigenvalue weighted by atomic mass is 9.79. The maximum absolute atomic E-state index is 13.4. The van der Waals surface area contributed by atoms with Crippen LogP contribution in [0.15, 0.2) is 48.5 Å². The van der Waals surface area contributed by atoms with E-state index in [9.17, 15) is 4.39 Å². The molecule has 0 aliphatic heterocycles.